The van der Waals surface area contributed by atoms with Gasteiger partial charge in [-0.05, 0) is 37.8 Å². The molecule has 1 fully saturated rings. The summed E-state index contributed by atoms with van der Waals surface area (Å²) in [6, 6.07) is 10.0. The van der Waals surface area contributed by atoms with Crippen molar-refractivity contribution in [3.05, 3.63) is 35.9 Å². The molecular weight excluding hydrogens is 254 g/mol. The van der Waals surface area contributed by atoms with Crippen molar-refractivity contribution in [1.82, 2.24) is 5.32 Å². The van der Waals surface area contributed by atoms with Crippen LogP contribution in [0.2, 0.25) is 0 Å². The lowest BCUT2D eigenvalue weighted by Crippen LogP contribution is -2.39. The summed E-state index contributed by atoms with van der Waals surface area (Å²) < 4.78 is 5.67. The smallest absolute Gasteiger partial charge is 0.0897 e. The van der Waals surface area contributed by atoms with Crippen molar-refractivity contribution in [2.24, 2.45) is 5.92 Å². The minimum atomic E-state index is -0.494. The first-order valence-corrected chi connectivity index (χ1v) is 7.38. The zero-order valence-electron chi connectivity index (χ0n) is 12.0. The lowest BCUT2D eigenvalue weighted by Gasteiger charge is -2.31. The second-order valence-corrected chi connectivity index (χ2v) is 5.69. The molecule has 0 radical (unpaired) electrons. The van der Waals surface area contributed by atoms with Crippen molar-refractivity contribution in [3.8, 4) is 0 Å². The number of rotatable bonds is 8. The van der Waals surface area contributed by atoms with Crippen LogP contribution in [-0.2, 0) is 4.74 Å². The van der Waals surface area contributed by atoms with Crippen LogP contribution in [0.4, 0.5) is 0 Å². The van der Waals surface area contributed by atoms with Crippen molar-refractivity contribution in [2.75, 3.05) is 19.7 Å². The third-order valence-electron chi connectivity index (χ3n) is 3.83. The molecular formula is C16H25NO3. The summed E-state index contributed by atoms with van der Waals surface area (Å²) in [6.07, 6.45) is 1.15. The van der Waals surface area contributed by atoms with Gasteiger partial charge in [-0.25, -0.2) is 0 Å². The highest BCUT2D eigenvalue weighted by Gasteiger charge is 2.26. The summed E-state index contributed by atoms with van der Waals surface area (Å²) in [5.74, 6) is 0.557. The molecule has 2 unspecified atom stereocenters. The Hall–Kier alpha value is -0.940. The molecule has 2 atom stereocenters. The monoisotopic (exact) mass is 279 g/mol. The van der Waals surface area contributed by atoms with Crippen molar-refractivity contribution in [2.45, 2.75) is 38.1 Å². The number of nitrogens with one attached hydrogen (secondary N) is 1. The number of ether oxygens (including phenoxy) is 1. The number of aliphatic hydroxyl groups is 2. The Morgan fingerprint density at radius 1 is 1.30 bits per heavy atom. The van der Waals surface area contributed by atoms with E-state index in [4.69, 9.17) is 4.74 Å². The molecule has 2 rings (SSSR count). The van der Waals surface area contributed by atoms with Gasteiger partial charge in [0.2, 0.25) is 0 Å². The van der Waals surface area contributed by atoms with Crippen LogP contribution in [-0.4, -0.2) is 42.1 Å². The first kappa shape index (κ1) is 15.4. The summed E-state index contributed by atoms with van der Waals surface area (Å²) in [4.78, 5) is 0. The van der Waals surface area contributed by atoms with Crippen LogP contribution in [0.5, 0.6) is 0 Å². The van der Waals surface area contributed by atoms with Gasteiger partial charge in [-0.3, -0.25) is 0 Å². The van der Waals surface area contributed by atoms with Gasteiger partial charge in [-0.2, -0.15) is 0 Å². The van der Waals surface area contributed by atoms with Crippen molar-refractivity contribution in [1.29, 1.82) is 0 Å². The number of hydrogen-bond acceptors (Lipinski definition) is 4. The Bertz CT molecular complexity index is 379. The van der Waals surface area contributed by atoms with E-state index in [1.807, 2.05) is 37.3 Å². The summed E-state index contributed by atoms with van der Waals surface area (Å²) >= 11 is 0. The van der Waals surface area contributed by atoms with Crippen molar-refractivity contribution < 1.29 is 14.9 Å². The molecule has 1 aliphatic carbocycles. The first-order valence-electron chi connectivity index (χ1n) is 7.38. The van der Waals surface area contributed by atoms with E-state index in [0.29, 0.717) is 19.1 Å². The zero-order chi connectivity index (χ0) is 14.4. The molecule has 1 aromatic carbocycles. The van der Waals surface area contributed by atoms with Gasteiger partial charge < -0.3 is 20.3 Å². The van der Waals surface area contributed by atoms with Crippen LogP contribution in [0, 0.1) is 5.92 Å². The summed E-state index contributed by atoms with van der Waals surface area (Å²) in [5.41, 5.74) is 1.12. The van der Waals surface area contributed by atoms with Gasteiger partial charge in [-0.1, -0.05) is 30.3 Å². The SMILES string of the molecule is CC(OCC(O)CNCC1CC(O)C1)c1ccccc1. The van der Waals surface area contributed by atoms with Gasteiger partial charge >= 0.3 is 0 Å². The highest BCUT2D eigenvalue weighted by Crippen LogP contribution is 2.26. The van der Waals surface area contributed by atoms with Crippen LogP contribution in [0.3, 0.4) is 0 Å². The molecule has 0 bridgehead atoms. The van der Waals surface area contributed by atoms with E-state index in [-0.39, 0.29) is 12.2 Å². The predicted molar refractivity (Wildman–Crippen MR) is 78.4 cm³/mol. The molecule has 112 valence electrons. The normalized spacial score (nSPS) is 24.9. The molecule has 0 heterocycles. The van der Waals surface area contributed by atoms with Gasteiger partial charge in [0.1, 0.15) is 0 Å². The maximum atomic E-state index is 9.86. The second kappa shape index (κ2) is 7.74. The van der Waals surface area contributed by atoms with Gasteiger partial charge in [0, 0.05) is 6.54 Å². The van der Waals surface area contributed by atoms with E-state index in [0.717, 1.165) is 24.9 Å². The van der Waals surface area contributed by atoms with Crippen molar-refractivity contribution >= 4 is 0 Å². The zero-order valence-corrected chi connectivity index (χ0v) is 12.0. The van der Waals surface area contributed by atoms with Gasteiger partial charge in [0.25, 0.3) is 0 Å². The van der Waals surface area contributed by atoms with Crippen LogP contribution in [0.15, 0.2) is 30.3 Å². The molecule has 3 N–H and O–H groups in total. The predicted octanol–water partition coefficient (Wildman–Crippen LogP) is 1.49. The molecule has 1 aromatic rings. The number of hydrogen-bond donors (Lipinski definition) is 3. The van der Waals surface area contributed by atoms with E-state index in [9.17, 15) is 10.2 Å². The van der Waals surface area contributed by atoms with Gasteiger partial charge in [0.05, 0.1) is 24.9 Å². The quantitative estimate of drug-likeness (QED) is 0.674. The number of benzene rings is 1. The van der Waals surface area contributed by atoms with E-state index < -0.39 is 6.10 Å². The maximum absolute atomic E-state index is 9.86. The fraction of sp³-hybridized carbons (Fsp3) is 0.625. The highest BCUT2D eigenvalue weighted by atomic mass is 16.5. The molecule has 0 amide bonds. The molecule has 20 heavy (non-hydrogen) atoms. The molecule has 0 spiro atoms. The minimum Gasteiger partial charge on any atom is -0.393 e. The standard InChI is InChI=1S/C16H25NO3/c1-12(14-5-3-2-4-6-14)20-11-16(19)10-17-9-13-7-15(18)8-13/h2-6,12-13,15-19H,7-11H2,1H3. The van der Waals surface area contributed by atoms with E-state index in [2.05, 4.69) is 5.32 Å². The third kappa shape index (κ3) is 4.87. The fourth-order valence-corrected chi connectivity index (χ4v) is 2.46. The molecule has 0 saturated heterocycles. The molecule has 4 nitrogen and oxygen atoms in total. The van der Waals surface area contributed by atoms with Crippen LogP contribution < -0.4 is 5.32 Å². The lowest BCUT2D eigenvalue weighted by atomic mass is 9.82. The van der Waals surface area contributed by atoms with E-state index >= 15 is 0 Å². The third-order valence-corrected chi connectivity index (χ3v) is 3.83. The van der Waals surface area contributed by atoms with Crippen LogP contribution in [0.1, 0.15) is 31.4 Å². The average molecular weight is 279 g/mol. The summed E-state index contributed by atoms with van der Waals surface area (Å²) in [6.45, 7) is 3.72. The molecule has 1 saturated carbocycles. The second-order valence-electron chi connectivity index (χ2n) is 5.69. The number of aliphatic hydroxyl groups excluding tert-OH is 2. The summed E-state index contributed by atoms with van der Waals surface area (Å²) in [5, 5.41) is 22.3. The molecule has 1 aliphatic rings. The largest absolute Gasteiger partial charge is 0.393 e. The average Bonchev–Trinajstić information content (AvgIpc) is 2.43. The molecule has 0 aliphatic heterocycles. The lowest BCUT2D eigenvalue weighted by molar-refractivity contribution is -0.00423. The molecule has 4 heteroatoms. The van der Waals surface area contributed by atoms with Gasteiger partial charge in [-0.15, -0.1) is 0 Å². The molecule has 0 aromatic heterocycles. The minimum absolute atomic E-state index is 0.00682. The summed E-state index contributed by atoms with van der Waals surface area (Å²) in [7, 11) is 0. The Morgan fingerprint density at radius 2 is 2.00 bits per heavy atom. The Kier molecular flexibility index (Phi) is 5.98. The Labute approximate surface area is 120 Å². The maximum Gasteiger partial charge on any atom is 0.0897 e. The Balaban J connectivity index is 1.56. The topological polar surface area (TPSA) is 61.7 Å². The van der Waals surface area contributed by atoms with Gasteiger partial charge in [0.15, 0.2) is 0 Å². The van der Waals surface area contributed by atoms with E-state index in [1.54, 1.807) is 0 Å². The van der Waals surface area contributed by atoms with Crippen molar-refractivity contribution in [3.63, 3.8) is 0 Å². The van der Waals surface area contributed by atoms with E-state index in [1.165, 1.54) is 0 Å². The highest BCUT2D eigenvalue weighted by molar-refractivity contribution is 5.16. The fourth-order valence-electron chi connectivity index (χ4n) is 2.46. The van der Waals surface area contributed by atoms with Crippen LogP contribution in [0.25, 0.3) is 0 Å². The Morgan fingerprint density at radius 3 is 2.65 bits per heavy atom. The van der Waals surface area contributed by atoms with Crippen LogP contribution >= 0.6 is 0 Å². The first-order chi connectivity index (χ1) is 9.65.